The van der Waals surface area contributed by atoms with Crippen LogP contribution in [0.1, 0.15) is 58.1 Å². The normalized spacial score (nSPS) is 17.6. The van der Waals surface area contributed by atoms with Gasteiger partial charge in [0.15, 0.2) is 11.4 Å². The number of H-pyrrole nitrogens is 1. The van der Waals surface area contributed by atoms with Crippen LogP contribution in [0.25, 0.3) is 27.8 Å². The van der Waals surface area contributed by atoms with Gasteiger partial charge in [-0.05, 0) is 68.5 Å². The zero-order valence-corrected chi connectivity index (χ0v) is 20.0. The molecule has 1 atom stereocenters. The van der Waals surface area contributed by atoms with Crippen molar-refractivity contribution in [2.45, 2.75) is 58.5 Å². The van der Waals surface area contributed by atoms with Gasteiger partial charge in [-0.2, -0.15) is 5.10 Å². The lowest BCUT2D eigenvalue weighted by atomic mass is 9.92. The molecule has 33 heavy (non-hydrogen) atoms. The Morgan fingerprint density at radius 2 is 2.00 bits per heavy atom. The molecule has 1 saturated heterocycles. The maximum absolute atomic E-state index is 13.1. The minimum atomic E-state index is -0.0308. The Balaban J connectivity index is 1.67. The quantitative estimate of drug-likeness (QED) is 0.495. The van der Waals surface area contributed by atoms with E-state index in [-0.39, 0.29) is 17.6 Å². The van der Waals surface area contributed by atoms with E-state index in [9.17, 15) is 4.79 Å². The van der Waals surface area contributed by atoms with Crippen LogP contribution in [0.15, 0.2) is 35.5 Å². The summed E-state index contributed by atoms with van der Waals surface area (Å²) in [6, 6.07) is 6.95. The van der Waals surface area contributed by atoms with Crippen LogP contribution in [0.5, 0.6) is 5.75 Å². The van der Waals surface area contributed by atoms with Crippen molar-refractivity contribution >= 4 is 16.7 Å². The van der Waals surface area contributed by atoms with Crippen molar-refractivity contribution in [3.63, 3.8) is 0 Å². The number of fused-ring (bicyclic) bond motifs is 2. The van der Waals surface area contributed by atoms with Crippen molar-refractivity contribution < 1.29 is 4.74 Å². The number of benzene rings is 1. The summed E-state index contributed by atoms with van der Waals surface area (Å²) >= 11 is 0. The Morgan fingerprint density at radius 3 is 2.73 bits per heavy atom. The molecule has 174 valence electrons. The molecule has 0 spiro atoms. The Labute approximate surface area is 193 Å². The molecule has 8 heteroatoms. The number of ether oxygens (including phenoxy) is 1. The minimum Gasteiger partial charge on any atom is -0.493 e. The van der Waals surface area contributed by atoms with Gasteiger partial charge in [0, 0.05) is 24.3 Å². The SMILES string of the molecule is COc1cc(-c2cc3[nH]c(=O)n(C4CCCN(C(C)C)C4)c3cc2C(C)C)cn2ncnc12. The third kappa shape index (κ3) is 3.72. The number of pyridine rings is 1. The van der Waals surface area contributed by atoms with Crippen LogP contribution in [-0.2, 0) is 0 Å². The van der Waals surface area contributed by atoms with Gasteiger partial charge in [0.1, 0.15) is 6.33 Å². The first-order chi connectivity index (χ1) is 15.9. The molecule has 1 aromatic carbocycles. The fraction of sp³-hybridized carbons (Fsp3) is 0.480. The molecule has 4 aromatic rings. The molecule has 4 heterocycles. The highest BCUT2D eigenvalue weighted by molar-refractivity contribution is 5.85. The summed E-state index contributed by atoms with van der Waals surface area (Å²) in [5, 5.41) is 4.31. The largest absolute Gasteiger partial charge is 0.493 e. The number of aromatic nitrogens is 5. The van der Waals surface area contributed by atoms with E-state index < -0.39 is 0 Å². The number of rotatable bonds is 5. The Hall–Kier alpha value is -3.13. The number of imidazole rings is 1. The molecule has 5 rings (SSSR count). The molecule has 1 unspecified atom stereocenters. The van der Waals surface area contributed by atoms with Gasteiger partial charge < -0.3 is 9.72 Å². The van der Waals surface area contributed by atoms with Crippen LogP contribution in [0.3, 0.4) is 0 Å². The Bertz CT molecular complexity index is 1360. The summed E-state index contributed by atoms with van der Waals surface area (Å²) in [5.74, 6) is 0.945. The van der Waals surface area contributed by atoms with Crippen molar-refractivity contribution in [1.29, 1.82) is 0 Å². The van der Waals surface area contributed by atoms with Crippen LogP contribution >= 0.6 is 0 Å². The summed E-state index contributed by atoms with van der Waals surface area (Å²) in [5.41, 5.74) is 5.72. The molecule has 1 N–H and O–H groups in total. The van der Waals surface area contributed by atoms with Crippen molar-refractivity contribution in [1.82, 2.24) is 29.0 Å². The highest BCUT2D eigenvalue weighted by Crippen LogP contribution is 2.36. The molecule has 0 radical (unpaired) electrons. The second-order valence-corrected chi connectivity index (χ2v) is 9.62. The van der Waals surface area contributed by atoms with Crippen LogP contribution in [0.4, 0.5) is 0 Å². The highest BCUT2D eigenvalue weighted by Gasteiger charge is 2.26. The summed E-state index contributed by atoms with van der Waals surface area (Å²) in [4.78, 5) is 23.0. The van der Waals surface area contributed by atoms with E-state index in [4.69, 9.17) is 4.74 Å². The second-order valence-electron chi connectivity index (χ2n) is 9.62. The highest BCUT2D eigenvalue weighted by atomic mass is 16.5. The van der Waals surface area contributed by atoms with Crippen LogP contribution < -0.4 is 10.4 Å². The third-order valence-electron chi connectivity index (χ3n) is 6.91. The van der Waals surface area contributed by atoms with E-state index in [1.54, 1.807) is 11.6 Å². The van der Waals surface area contributed by atoms with Crippen molar-refractivity contribution in [2.75, 3.05) is 20.2 Å². The maximum Gasteiger partial charge on any atom is 0.326 e. The molecule has 0 aliphatic carbocycles. The number of hydrogen-bond acceptors (Lipinski definition) is 5. The first kappa shape index (κ1) is 21.7. The fourth-order valence-corrected chi connectivity index (χ4v) is 5.14. The Morgan fingerprint density at radius 1 is 1.18 bits per heavy atom. The first-order valence-corrected chi connectivity index (χ1v) is 11.8. The molecule has 1 aliphatic rings. The maximum atomic E-state index is 13.1. The van der Waals surface area contributed by atoms with Crippen molar-refractivity contribution in [2.24, 2.45) is 0 Å². The van der Waals surface area contributed by atoms with Gasteiger partial charge in [-0.25, -0.2) is 14.3 Å². The third-order valence-corrected chi connectivity index (χ3v) is 6.91. The molecule has 0 amide bonds. The Kier molecular flexibility index (Phi) is 5.48. The first-order valence-electron chi connectivity index (χ1n) is 11.8. The average molecular weight is 449 g/mol. The van der Waals surface area contributed by atoms with E-state index in [1.807, 2.05) is 16.8 Å². The monoisotopic (exact) mass is 448 g/mol. The molecule has 3 aromatic heterocycles. The summed E-state index contributed by atoms with van der Waals surface area (Å²) < 4.78 is 9.30. The fourth-order valence-electron chi connectivity index (χ4n) is 5.14. The molecular weight excluding hydrogens is 416 g/mol. The lowest BCUT2D eigenvalue weighted by Crippen LogP contribution is -2.42. The summed E-state index contributed by atoms with van der Waals surface area (Å²) in [6.07, 6.45) is 5.62. The van der Waals surface area contributed by atoms with E-state index in [0.29, 0.717) is 17.4 Å². The number of nitrogens with zero attached hydrogens (tertiary/aromatic N) is 5. The molecule has 1 fully saturated rings. The molecular formula is C25H32N6O2. The topological polar surface area (TPSA) is 80.5 Å². The zero-order chi connectivity index (χ0) is 23.3. The molecule has 0 saturated carbocycles. The van der Waals surface area contributed by atoms with Gasteiger partial charge in [0.2, 0.25) is 0 Å². The smallest absolute Gasteiger partial charge is 0.326 e. The van der Waals surface area contributed by atoms with E-state index in [0.717, 1.165) is 48.1 Å². The van der Waals surface area contributed by atoms with Crippen molar-refractivity contribution in [3.8, 4) is 16.9 Å². The number of nitrogens with one attached hydrogen (secondary N) is 1. The van der Waals surface area contributed by atoms with E-state index in [1.165, 1.54) is 11.9 Å². The van der Waals surface area contributed by atoms with Gasteiger partial charge >= 0.3 is 5.69 Å². The lowest BCUT2D eigenvalue weighted by molar-refractivity contribution is 0.143. The van der Waals surface area contributed by atoms with E-state index in [2.05, 4.69) is 59.8 Å². The van der Waals surface area contributed by atoms with Crippen molar-refractivity contribution in [3.05, 3.63) is 46.8 Å². The molecule has 0 bridgehead atoms. The molecule has 8 nitrogen and oxygen atoms in total. The summed E-state index contributed by atoms with van der Waals surface area (Å²) in [6.45, 7) is 10.8. The van der Waals surface area contributed by atoms with Gasteiger partial charge in [-0.1, -0.05) is 13.8 Å². The van der Waals surface area contributed by atoms with E-state index >= 15 is 0 Å². The standard InChI is InChI=1S/C25H32N6O2/c1-15(2)19-11-22-21(28-25(32)31(22)18-7-6-8-29(13-18)16(3)4)10-20(19)17-9-23(33-5)24-26-14-27-30(24)12-17/h9-12,14-16,18H,6-8,13H2,1-5H3,(H,28,32). The number of piperidine rings is 1. The second kappa shape index (κ2) is 8.33. The van der Waals surface area contributed by atoms with Crippen LogP contribution in [-0.4, -0.2) is 55.3 Å². The molecule has 1 aliphatic heterocycles. The van der Waals surface area contributed by atoms with Crippen LogP contribution in [0, 0.1) is 0 Å². The number of aromatic amines is 1. The van der Waals surface area contributed by atoms with Gasteiger partial charge in [0.25, 0.3) is 0 Å². The summed E-state index contributed by atoms with van der Waals surface area (Å²) in [7, 11) is 1.64. The van der Waals surface area contributed by atoms with Crippen LogP contribution in [0.2, 0.25) is 0 Å². The predicted molar refractivity (Wildman–Crippen MR) is 130 cm³/mol. The minimum absolute atomic E-state index is 0.0308. The number of likely N-dealkylation sites (tertiary alicyclic amines) is 1. The predicted octanol–water partition coefficient (Wildman–Crippen LogP) is 4.22. The van der Waals surface area contributed by atoms with Gasteiger partial charge in [-0.3, -0.25) is 9.47 Å². The average Bonchev–Trinajstić information content (AvgIpc) is 3.40. The van der Waals surface area contributed by atoms with Gasteiger partial charge in [-0.15, -0.1) is 0 Å². The zero-order valence-electron chi connectivity index (χ0n) is 20.0. The lowest BCUT2D eigenvalue weighted by Gasteiger charge is -2.35. The number of methoxy groups -OCH3 is 1. The van der Waals surface area contributed by atoms with Gasteiger partial charge in [0.05, 0.1) is 24.2 Å². The number of hydrogen-bond donors (Lipinski definition) is 1.